The van der Waals surface area contributed by atoms with E-state index >= 15 is 0 Å². The molecule has 2 aromatic carbocycles. The number of anilines is 2. The average Bonchev–Trinajstić information content (AvgIpc) is 2.87. The van der Waals surface area contributed by atoms with E-state index in [9.17, 15) is 26.3 Å². The number of nitrogens with one attached hydrogen (secondary N) is 1. The van der Waals surface area contributed by atoms with Crippen LogP contribution >= 0.6 is 0 Å². The normalized spacial score (nSPS) is 18.7. The minimum atomic E-state index is -4.59. The molecule has 0 amide bonds. The minimum absolute atomic E-state index is 0.0190. The van der Waals surface area contributed by atoms with Crippen molar-refractivity contribution in [2.45, 2.75) is 45.0 Å². The van der Waals surface area contributed by atoms with Crippen LogP contribution in [0.4, 0.5) is 37.7 Å². The van der Waals surface area contributed by atoms with E-state index in [4.69, 9.17) is 9.72 Å². The number of rotatable bonds is 5. The fourth-order valence-corrected chi connectivity index (χ4v) is 5.02. The number of halogens is 6. The number of hydrogen-bond acceptors (Lipinski definition) is 5. The zero-order valence-electron chi connectivity index (χ0n) is 21.6. The quantitative estimate of drug-likeness (QED) is 0.254. The van der Waals surface area contributed by atoms with E-state index in [0.717, 1.165) is 18.2 Å². The number of fused-ring (bicyclic) bond motifs is 1. The first-order chi connectivity index (χ1) is 18.9. The number of hydrogen-bond donors (Lipinski definition) is 1. The van der Waals surface area contributed by atoms with Gasteiger partial charge >= 0.3 is 12.4 Å². The molecule has 40 heavy (non-hydrogen) atoms. The smallest absolute Gasteiger partial charge is 0.373 e. The van der Waals surface area contributed by atoms with Gasteiger partial charge in [-0.3, -0.25) is 14.9 Å². The second-order valence-corrected chi connectivity index (χ2v) is 9.94. The SMILES string of the molecule is C[C@H]1CN(Cc2cc(Nc3ccc(C(F)(F)F)cc3)c3ccc(-c4ncccc4C(F)(F)F)cc3n2)C[C@H](C)O1. The summed E-state index contributed by atoms with van der Waals surface area (Å²) < 4.78 is 86.0. The second-order valence-electron chi connectivity index (χ2n) is 9.94. The van der Waals surface area contributed by atoms with Crippen molar-refractivity contribution in [3.63, 3.8) is 0 Å². The van der Waals surface area contributed by atoms with Crippen molar-refractivity contribution >= 4 is 22.3 Å². The Morgan fingerprint density at radius 1 is 0.900 bits per heavy atom. The molecule has 5 nitrogen and oxygen atoms in total. The number of alkyl halides is 6. The molecule has 0 saturated carbocycles. The number of benzene rings is 2. The third kappa shape index (κ3) is 6.20. The Hall–Kier alpha value is -3.70. The van der Waals surface area contributed by atoms with Gasteiger partial charge in [-0.25, -0.2) is 0 Å². The topological polar surface area (TPSA) is 50.3 Å². The van der Waals surface area contributed by atoms with E-state index in [1.54, 1.807) is 12.1 Å². The lowest BCUT2D eigenvalue weighted by atomic mass is 10.0. The van der Waals surface area contributed by atoms with E-state index in [1.807, 2.05) is 19.9 Å². The number of morpholine rings is 1. The summed E-state index contributed by atoms with van der Waals surface area (Å²) in [4.78, 5) is 10.9. The molecule has 210 valence electrons. The molecule has 1 saturated heterocycles. The molecule has 5 rings (SSSR count). The van der Waals surface area contributed by atoms with Gasteiger partial charge in [0.2, 0.25) is 0 Å². The zero-order valence-corrected chi connectivity index (χ0v) is 21.6. The summed E-state index contributed by atoms with van der Waals surface area (Å²) in [6.45, 7) is 5.76. The first-order valence-corrected chi connectivity index (χ1v) is 12.6. The zero-order chi connectivity index (χ0) is 28.7. The van der Waals surface area contributed by atoms with E-state index in [2.05, 4.69) is 15.2 Å². The molecule has 0 radical (unpaired) electrons. The van der Waals surface area contributed by atoms with Crippen LogP contribution < -0.4 is 5.32 Å². The van der Waals surface area contributed by atoms with Crippen molar-refractivity contribution in [1.29, 1.82) is 0 Å². The Morgan fingerprint density at radius 2 is 1.60 bits per heavy atom. The summed E-state index contributed by atoms with van der Waals surface area (Å²) in [5, 5.41) is 3.77. The molecular formula is C29H26F6N4O. The summed E-state index contributed by atoms with van der Waals surface area (Å²) in [5.41, 5.74) is 0.483. The predicted octanol–water partition coefficient (Wildman–Crippen LogP) is 7.69. The molecule has 1 aliphatic heterocycles. The Kier molecular flexibility index (Phi) is 7.45. The molecule has 0 bridgehead atoms. The van der Waals surface area contributed by atoms with Crippen molar-refractivity contribution in [2.24, 2.45) is 0 Å². The maximum Gasteiger partial charge on any atom is 0.418 e. The molecule has 0 unspecified atom stereocenters. The molecule has 2 atom stereocenters. The van der Waals surface area contributed by atoms with Crippen LogP contribution in [-0.4, -0.2) is 40.2 Å². The van der Waals surface area contributed by atoms with Gasteiger partial charge in [-0.2, -0.15) is 26.3 Å². The number of ether oxygens (including phenoxy) is 1. The lowest BCUT2D eigenvalue weighted by Crippen LogP contribution is -2.44. The summed E-state index contributed by atoms with van der Waals surface area (Å²) in [6.07, 6.45) is -7.71. The van der Waals surface area contributed by atoms with Gasteiger partial charge in [0.05, 0.1) is 40.2 Å². The van der Waals surface area contributed by atoms with Crippen molar-refractivity contribution in [1.82, 2.24) is 14.9 Å². The van der Waals surface area contributed by atoms with Gasteiger partial charge in [-0.1, -0.05) is 12.1 Å². The van der Waals surface area contributed by atoms with Crippen LogP contribution in [0.25, 0.3) is 22.2 Å². The molecule has 4 aromatic rings. The first kappa shape index (κ1) is 27.9. The van der Waals surface area contributed by atoms with Crippen LogP contribution in [0.1, 0.15) is 30.7 Å². The molecule has 0 spiro atoms. The van der Waals surface area contributed by atoms with Gasteiger partial charge in [0, 0.05) is 48.2 Å². The van der Waals surface area contributed by atoms with Crippen molar-refractivity contribution < 1.29 is 31.1 Å². The van der Waals surface area contributed by atoms with Gasteiger partial charge in [-0.15, -0.1) is 0 Å². The molecule has 11 heteroatoms. The molecule has 1 aliphatic rings. The Morgan fingerprint density at radius 3 is 2.25 bits per heavy atom. The predicted molar refractivity (Wildman–Crippen MR) is 140 cm³/mol. The van der Waals surface area contributed by atoms with Crippen LogP contribution in [0, 0.1) is 0 Å². The van der Waals surface area contributed by atoms with Gasteiger partial charge < -0.3 is 10.1 Å². The highest BCUT2D eigenvalue weighted by atomic mass is 19.4. The molecule has 3 heterocycles. The van der Waals surface area contributed by atoms with Crippen LogP contribution in [0.3, 0.4) is 0 Å². The highest BCUT2D eigenvalue weighted by Gasteiger charge is 2.34. The van der Waals surface area contributed by atoms with Gasteiger partial charge in [0.25, 0.3) is 0 Å². The lowest BCUT2D eigenvalue weighted by Gasteiger charge is -2.35. The van der Waals surface area contributed by atoms with Crippen LogP contribution in [0.2, 0.25) is 0 Å². The second kappa shape index (κ2) is 10.7. The lowest BCUT2D eigenvalue weighted by molar-refractivity contribution is -0.138. The Labute approximate surface area is 226 Å². The summed E-state index contributed by atoms with van der Waals surface area (Å²) >= 11 is 0. The molecule has 1 fully saturated rings. The fourth-order valence-electron chi connectivity index (χ4n) is 5.02. The Bertz CT molecular complexity index is 1490. The number of pyridine rings is 2. The van der Waals surface area contributed by atoms with E-state index in [0.29, 0.717) is 47.6 Å². The van der Waals surface area contributed by atoms with Crippen molar-refractivity contribution in [3.05, 3.63) is 83.7 Å². The summed E-state index contributed by atoms with van der Waals surface area (Å²) in [7, 11) is 0. The van der Waals surface area contributed by atoms with Gasteiger partial charge in [0.15, 0.2) is 0 Å². The van der Waals surface area contributed by atoms with E-state index in [-0.39, 0.29) is 23.5 Å². The van der Waals surface area contributed by atoms with Gasteiger partial charge in [0.1, 0.15) is 0 Å². The number of nitrogens with zero attached hydrogens (tertiary/aromatic N) is 3. The molecule has 0 aliphatic carbocycles. The molecule has 2 aromatic heterocycles. The summed E-state index contributed by atoms with van der Waals surface area (Å²) in [5.74, 6) is 0. The minimum Gasteiger partial charge on any atom is -0.373 e. The van der Waals surface area contributed by atoms with Crippen LogP contribution in [0.5, 0.6) is 0 Å². The van der Waals surface area contributed by atoms with Crippen molar-refractivity contribution in [3.8, 4) is 11.3 Å². The Balaban J connectivity index is 1.57. The maximum absolute atomic E-state index is 13.7. The first-order valence-electron chi connectivity index (χ1n) is 12.6. The van der Waals surface area contributed by atoms with Crippen LogP contribution in [0.15, 0.2) is 66.9 Å². The third-order valence-electron chi connectivity index (χ3n) is 6.62. The molecular weight excluding hydrogens is 534 g/mol. The highest BCUT2D eigenvalue weighted by molar-refractivity contribution is 5.95. The standard InChI is InChI=1S/C29H26F6N4O/c1-17-14-39(15-18(2)40-17)16-22-13-26(37-21-8-6-20(7-9-21)28(30,31)32)23-10-5-19(12-25(23)38-22)27-24(29(33,34)35)4-3-11-36-27/h3-13,17-18H,14-16H2,1-2H3,(H,37,38)/t17-,18-/m0/s1. The highest BCUT2D eigenvalue weighted by Crippen LogP contribution is 2.38. The largest absolute Gasteiger partial charge is 0.418 e. The van der Waals surface area contributed by atoms with Gasteiger partial charge in [-0.05, 0) is 62.4 Å². The third-order valence-corrected chi connectivity index (χ3v) is 6.62. The fraction of sp³-hybridized carbons (Fsp3) is 0.310. The van der Waals surface area contributed by atoms with E-state index < -0.39 is 23.5 Å². The maximum atomic E-state index is 13.7. The van der Waals surface area contributed by atoms with Crippen molar-refractivity contribution in [2.75, 3.05) is 18.4 Å². The average molecular weight is 561 g/mol. The number of aromatic nitrogens is 2. The van der Waals surface area contributed by atoms with E-state index in [1.165, 1.54) is 30.5 Å². The monoisotopic (exact) mass is 560 g/mol. The van der Waals surface area contributed by atoms with Crippen LogP contribution in [-0.2, 0) is 23.6 Å². The molecule has 1 N–H and O–H groups in total. The summed E-state index contributed by atoms with van der Waals surface area (Å²) in [6, 6.07) is 13.4.